The van der Waals surface area contributed by atoms with E-state index in [1.54, 1.807) is 0 Å². The minimum atomic E-state index is 0.846. The molecule has 0 unspecified atom stereocenters. The molecule has 0 radical (unpaired) electrons. The lowest BCUT2D eigenvalue weighted by molar-refractivity contribution is 1.14. The van der Waals surface area contributed by atoms with E-state index < -0.39 is 0 Å². The van der Waals surface area contributed by atoms with Gasteiger partial charge in [0.25, 0.3) is 0 Å². The molecule has 0 saturated carbocycles. The van der Waals surface area contributed by atoms with Crippen LogP contribution in [0.25, 0.3) is 11.1 Å². The van der Waals surface area contributed by atoms with Crippen LogP contribution in [0.15, 0.2) is 48.5 Å². The normalized spacial score (nSPS) is 10.2. The molecule has 0 aromatic heterocycles. The molecule has 2 aromatic carbocycles. The molecule has 0 bridgehead atoms. The van der Waals surface area contributed by atoms with Gasteiger partial charge in [0.15, 0.2) is 0 Å². The zero-order chi connectivity index (χ0) is 10.7. The van der Waals surface area contributed by atoms with Crippen LogP contribution in [0, 0.1) is 0 Å². The maximum Gasteiger partial charge on any atom is 0.0393 e. The summed E-state index contributed by atoms with van der Waals surface area (Å²) in [6.07, 6.45) is 1.04. The highest BCUT2D eigenvalue weighted by Crippen LogP contribution is 2.26. The van der Waals surface area contributed by atoms with Crippen LogP contribution in [0.4, 0.5) is 5.69 Å². The quantitative estimate of drug-likeness (QED) is 0.733. The Balaban J connectivity index is 2.52. The van der Waals surface area contributed by atoms with Gasteiger partial charge in [-0.25, -0.2) is 0 Å². The fraction of sp³-hybridized carbons (Fsp3) is 0.143. The average Bonchev–Trinajstić information content (AvgIpc) is 2.31. The van der Waals surface area contributed by atoms with E-state index in [2.05, 4.69) is 31.2 Å². The van der Waals surface area contributed by atoms with Gasteiger partial charge in [0.05, 0.1) is 0 Å². The van der Waals surface area contributed by atoms with Gasteiger partial charge in [-0.1, -0.05) is 43.3 Å². The molecular weight excluding hydrogens is 182 g/mol. The van der Waals surface area contributed by atoms with Crippen molar-refractivity contribution >= 4 is 5.69 Å². The number of benzene rings is 2. The van der Waals surface area contributed by atoms with Gasteiger partial charge in [-0.15, -0.1) is 0 Å². The van der Waals surface area contributed by atoms with Crippen molar-refractivity contribution in [1.29, 1.82) is 0 Å². The Kier molecular flexibility index (Phi) is 2.72. The van der Waals surface area contributed by atoms with E-state index in [1.165, 1.54) is 11.1 Å². The Morgan fingerprint density at radius 2 is 1.73 bits per heavy atom. The summed E-state index contributed by atoms with van der Waals surface area (Å²) >= 11 is 0. The predicted molar refractivity (Wildman–Crippen MR) is 65.7 cm³/mol. The lowest BCUT2D eigenvalue weighted by Gasteiger charge is -2.07. The molecule has 1 heteroatoms. The average molecular weight is 197 g/mol. The summed E-state index contributed by atoms with van der Waals surface area (Å²) in [6, 6.07) is 16.5. The smallest absolute Gasteiger partial charge is 0.0393 e. The molecule has 1 nitrogen and oxygen atoms in total. The zero-order valence-corrected chi connectivity index (χ0v) is 8.90. The molecule has 2 aromatic rings. The van der Waals surface area contributed by atoms with Crippen molar-refractivity contribution in [2.24, 2.45) is 0 Å². The Morgan fingerprint density at radius 1 is 1.00 bits per heavy atom. The summed E-state index contributed by atoms with van der Waals surface area (Å²) < 4.78 is 0. The van der Waals surface area contributed by atoms with Gasteiger partial charge >= 0.3 is 0 Å². The maximum atomic E-state index is 5.98. The fourth-order valence-electron chi connectivity index (χ4n) is 1.69. The molecule has 0 fully saturated rings. The number of hydrogen-bond acceptors (Lipinski definition) is 1. The molecule has 0 saturated heterocycles. The highest BCUT2D eigenvalue weighted by Gasteiger charge is 2.02. The molecule has 0 amide bonds. The van der Waals surface area contributed by atoms with Crippen molar-refractivity contribution in [1.82, 2.24) is 0 Å². The Morgan fingerprint density at radius 3 is 2.40 bits per heavy atom. The summed E-state index contributed by atoms with van der Waals surface area (Å²) in [4.78, 5) is 0. The molecular formula is C14H15N. The van der Waals surface area contributed by atoms with Crippen LogP contribution >= 0.6 is 0 Å². The van der Waals surface area contributed by atoms with Crippen molar-refractivity contribution in [2.75, 3.05) is 5.73 Å². The van der Waals surface area contributed by atoms with Crippen molar-refractivity contribution in [3.8, 4) is 11.1 Å². The first kappa shape index (κ1) is 9.78. The number of hydrogen-bond donors (Lipinski definition) is 1. The molecule has 76 valence electrons. The zero-order valence-electron chi connectivity index (χ0n) is 8.90. The van der Waals surface area contributed by atoms with Crippen LogP contribution in [0.5, 0.6) is 0 Å². The Bertz CT molecular complexity index is 446. The minimum Gasteiger partial charge on any atom is -0.398 e. The van der Waals surface area contributed by atoms with E-state index in [1.807, 2.05) is 24.3 Å². The first-order chi connectivity index (χ1) is 7.31. The molecule has 0 aliphatic heterocycles. The maximum absolute atomic E-state index is 5.98. The van der Waals surface area contributed by atoms with Crippen LogP contribution in [0.2, 0.25) is 0 Å². The highest BCUT2D eigenvalue weighted by molar-refractivity contribution is 5.76. The topological polar surface area (TPSA) is 26.0 Å². The standard InChI is InChI=1S/C14H15N/c1-2-11-8-9-14(15)13(10-11)12-6-4-3-5-7-12/h3-10H,2,15H2,1H3. The van der Waals surface area contributed by atoms with Gasteiger partial charge < -0.3 is 5.73 Å². The van der Waals surface area contributed by atoms with E-state index in [-0.39, 0.29) is 0 Å². The third kappa shape index (κ3) is 2.01. The SMILES string of the molecule is CCc1ccc(N)c(-c2ccccc2)c1. The summed E-state index contributed by atoms with van der Waals surface area (Å²) in [5.74, 6) is 0. The third-order valence-electron chi connectivity index (χ3n) is 2.61. The molecule has 15 heavy (non-hydrogen) atoms. The lowest BCUT2D eigenvalue weighted by Crippen LogP contribution is -1.91. The highest BCUT2D eigenvalue weighted by atomic mass is 14.6. The second kappa shape index (κ2) is 4.18. The van der Waals surface area contributed by atoms with E-state index in [4.69, 9.17) is 5.73 Å². The minimum absolute atomic E-state index is 0.846. The summed E-state index contributed by atoms with van der Waals surface area (Å²) in [7, 11) is 0. The molecule has 0 heterocycles. The number of rotatable bonds is 2. The van der Waals surface area contributed by atoms with Crippen LogP contribution in [-0.2, 0) is 6.42 Å². The number of nitrogens with two attached hydrogens (primary N) is 1. The molecule has 0 aliphatic carbocycles. The molecule has 0 atom stereocenters. The van der Waals surface area contributed by atoms with Crippen molar-refractivity contribution in [3.05, 3.63) is 54.1 Å². The van der Waals surface area contributed by atoms with Gasteiger partial charge in [0.2, 0.25) is 0 Å². The van der Waals surface area contributed by atoms with E-state index in [9.17, 15) is 0 Å². The van der Waals surface area contributed by atoms with Crippen LogP contribution in [0.1, 0.15) is 12.5 Å². The monoisotopic (exact) mass is 197 g/mol. The van der Waals surface area contributed by atoms with Gasteiger partial charge in [-0.2, -0.15) is 0 Å². The first-order valence-electron chi connectivity index (χ1n) is 5.25. The van der Waals surface area contributed by atoms with Gasteiger partial charge in [-0.3, -0.25) is 0 Å². The third-order valence-corrected chi connectivity index (χ3v) is 2.61. The van der Waals surface area contributed by atoms with Gasteiger partial charge in [0.1, 0.15) is 0 Å². The van der Waals surface area contributed by atoms with Crippen LogP contribution in [-0.4, -0.2) is 0 Å². The van der Waals surface area contributed by atoms with E-state index in [0.29, 0.717) is 0 Å². The van der Waals surface area contributed by atoms with E-state index >= 15 is 0 Å². The van der Waals surface area contributed by atoms with Crippen molar-refractivity contribution in [2.45, 2.75) is 13.3 Å². The molecule has 2 rings (SSSR count). The second-order valence-electron chi connectivity index (χ2n) is 3.64. The number of nitrogen functional groups attached to an aromatic ring is 1. The first-order valence-corrected chi connectivity index (χ1v) is 5.25. The van der Waals surface area contributed by atoms with Gasteiger partial charge in [-0.05, 0) is 29.7 Å². The van der Waals surface area contributed by atoms with Gasteiger partial charge in [0, 0.05) is 11.3 Å². The predicted octanol–water partition coefficient (Wildman–Crippen LogP) is 3.50. The number of aryl methyl sites for hydroxylation is 1. The summed E-state index contributed by atoms with van der Waals surface area (Å²) in [5, 5.41) is 0. The van der Waals surface area contributed by atoms with Crippen molar-refractivity contribution in [3.63, 3.8) is 0 Å². The van der Waals surface area contributed by atoms with Crippen LogP contribution < -0.4 is 5.73 Å². The fourth-order valence-corrected chi connectivity index (χ4v) is 1.69. The Labute approximate surface area is 90.6 Å². The van der Waals surface area contributed by atoms with E-state index in [0.717, 1.165) is 17.7 Å². The largest absolute Gasteiger partial charge is 0.398 e. The molecule has 2 N–H and O–H groups in total. The van der Waals surface area contributed by atoms with Crippen LogP contribution in [0.3, 0.4) is 0 Å². The van der Waals surface area contributed by atoms with Crippen molar-refractivity contribution < 1.29 is 0 Å². The number of anilines is 1. The molecule has 0 aliphatic rings. The molecule has 0 spiro atoms. The summed E-state index contributed by atoms with van der Waals surface area (Å²) in [6.45, 7) is 2.15. The lowest BCUT2D eigenvalue weighted by atomic mass is 10.0. The second-order valence-corrected chi connectivity index (χ2v) is 3.64. The summed E-state index contributed by atoms with van der Waals surface area (Å²) in [5.41, 5.74) is 10.5. The Hall–Kier alpha value is -1.76.